The molecule has 2 rings (SSSR count). The summed E-state index contributed by atoms with van der Waals surface area (Å²) in [4.78, 5) is 12.8. The number of carbonyl (C=O) groups excluding carboxylic acids is 1. The van der Waals surface area contributed by atoms with Crippen LogP contribution in [0.1, 0.15) is 54.3 Å². The topological polar surface area (TPSA) is 49.3 Å². The number of hydrogen-bond acceptors (Lipinski definition) is 3. The van der Waals surface area contributed by atoms with Crippen molar-refractivity contribution in [2.24, 2.45) is 11.8 Å². The maximum absolute atomic E-state index is 12.2. The molecular formula is C17H23NO2S. The van der Waals surface area contributed by atoms with Crippen LogP contribution < -0.4 is 5.32 Å². The van der Waals surface area contributed by atoms with Gasteiger partial charge in [-0.2, -0.15) is 0 Å². The van der Waals surface area contributed by atoms with Crippen molar-refractivity contribution in [2.45, 2.75) is 39.0 Å². The van der Waals surface area contributed by atoms with E-state index in [1.54, 1.807) is 0 Å². The van der Waals surface area contributed by atoms with E-state index in [1.807, 2.05) is 11.4 Å². The highest BCUT2D eigenvalue weighted by Crippen LogP contribution is 2.30. The summed E-state index contributed by atoms with van der Waals surface area (Å²) in [6, 6.07) is 1.82. The Morgan fingerprint density at radius 3 is 3.14 bits per heavy atom. The molecule has 1 saturated carbocycles. The molecule has 0 saturated heterocycles. The molecule has 1 fully saturated rings. The average Bonchev–Trinajstić information content (AvgIpc) is 2.93. The lowest BCUT2D eigenvalue weighted by Crippen LogP contribution is -2.27. The van der Waals surface area contributed by atoms with Crippen molar-refractivity contribution < 1.29 is 9.90 Å². The van der Waals surface area contributed by atoms with Crippen LogP contribution in [0.3, 0.4) is 0 Å². The number of amides is 1. The average molecular weight is 305 g/mol. The standard InChI is InChI=1S/C17H23NO2S/c1-13-4-2-5-14(12-13)7-9-18-17(20)16-15(6-3-10-19)8-11-21-16/h8,11,13-14,19H,2,4-5,7,9-10,12H2,1H3,(H,18,20). The van der Waals surface area contributed by atoms with Crippen LogP contribution in [-0.2, 0) is 0 Å². The third kappa shape index (κ3) is 4.87. The van der Waals surface area contributed by atoms with Crippen LogP contribution in [0.25, 0.3) is 0 Å². The maximum Gasteiger partial charge on any atom is 0.262 e. The lowest BCUT2D eigenvalue weighted by Gasteiger charge is -2.26. The normalized spacial score (nSPS) is 21.4. The second-order valence-corrected chi connectivity index (χ2v) is 6.72. The molecule has 4 heteroatoms. The van der Waals surface area contributed by atoms with Gasteiger partial charge in [0.05, 0.1) is 0 Å². The third-order valence-corrected chi connectivity index (χ3v) is 4.97. The Kier molecular flexibility index (Phi) is 6.28. The fourth-order valence-corrected chi connectivity index (χ4v) is 3.78. The molecule has 1 aromatic rings. The van der Waals surface area contributed by atoms with Crippen LogP contribution >= 0.6 is 11.3 Å². The van der Waals surface area contributed by atoms with Gasteiger partial charge in [-0.05, 0) is 36.1 Å². The summed E-state index contributed by atoms with van der Waals surface area (Å²) in [5.41, 5.74) is 0.706. The van der Waals surface area contributed by atoms with Gasteiger partial charge in [-0.15, -0.1) is 11.3 Å². The van der Waals surface area contributed by atoms with E-state index in [0.717, 1.165) is 24.8 Å². The minimum atomic E-state index is -0.184. The quantitative estimate of drug-likeness (QED) is 0.840. The van der Waals surface area contributed by atoms with E-state index in [4.69, 9.17) is 5.11 Å². The molecule has 2 N–H and O–H groups in total. The fraction of sp³-hybridized carbons (Fsp3) is 0.588. The van der Waals surface area contributed by atoms with Gasteiger partial charge in [-0.3, -0.25) is 4.79 Å². The molecule has 0 aromatic carbocycles. The van der Waals surface area contributed by atoms with E-state index >= 15 is 0 Å². The molecule has 0 bridgehead atoms. The van der Waals surface area contributed by atoms with E-state index in [1.165, 1.54) is 37.0 Å². The fourth-order valence-electron chi connectivity index (χ4n) is 3.01. The highest BCUT2D eigenvalue weighted by molar-refractivity contribution is 7.12. The van der Waals surface area contributed by atoms with E-state index in [2.05, 4.69) is 24.1 Å². The predicted molar refractivity (Wildman–Crippen MR) is 86.4 cm³/mol. The molecule has 1 aliphatic rings. The Bertz CT molecular complexity index is 526. The van der Waals surface area contributed by atoms with E-state index in [9.17, 15) is 4.79 Å². The second kappa shape index (κ2) is 8.21. The lowest BCUT2D eigenvalue weighted by molar-refractivity contribution is 0.0953. The summed E-state index contributed by atoms with van der Waals surface area (Å²) in [6.45, 7) is 2.88. The zero-order valence-corrected chi connectivity index (χ0v) is 13.3. The summed E-state index contributed by atoms with van der Waals surface area (Å²) < 4.78 is 0. The first-order valence-electron chi connectivity index (χ1n) is 7.66. The first kappa shape index (κ1) is 16.1. The molecule has 21 heavy (non-hydrogen) atoms. The molecule has 3 nitrogen and oxygen atoms in total. The van der Waals surface area contributed by atoms with Gasteiger partial charge < -0.3 is 10.4 Å². The van der Waals surface area contributed by atoms with E-state index in [-0.39, 0.29) is 12.5 Å². The summed E-state index contributed by atoms with van der Waals surface area (Å²) in [5.74, 6) is 6.95. The molecule has 2 unspecified atom stereocenters. The zero-order chi connectivity index (χ0) is 15.1. The molecule has 1 aromatic heterocycles. The second-order valence-electron chi connectivity index (χ2n) is 5.81. The number of rotatable bonds is 4. The first-order chi connectivity index (χ1) is 10.2. The zero-order valence-electron chi connectivity index (χ0n) is 12.5. The monoisotopic (exact) mass is 305 g/mol. The lowest BCUT2D eigenvalue weighted by atomic mass is 9.81. The Morgan fingerprint density at radius 2 is 2.38 bits per heavy atom. The van der Waals surface area contributed by atoms with Gasteiger partial charge in [0.2, 0.25) is 0 Å². The van der Waals surface area contributed by atoms with Crippen molar-refractivity contribution >= 4 is 17.2 Å². The van der Waals surface area contributed by atoms with Crippen LogP contribution in [0, 0.1) is 23.7 Å². The summed E-state index contributed by atoms with van der Waals surface area (Å²) in [5, 5.41) is 13.6. The number of carbonyl (C=O) groups is 1. The molecule has 0 radical (unpaired) electrons. The van der Waals surface area contributed by atoms with Crippen LogP contribution in [-0.4, -0.2) is 24.2 Å². The van der Waals surface area contributed by atoms with Crippen LogP contribution in [0.2, 0.25) is 0 Å². The van der Waals surface area contributed by atoms with Crippen LogP contribution in [0.4, 0.5) is 0 Å². The van der Waals surface area contributed by atoms with Gasteiger partial charge in [-0.1, -0.05) is 38.0 Å². The molecular weight excluding hydrogens is 282 g/mol. The van der Waals surface area contributed by atoms with Gasteiger partial charge in [-0.25, -0.2) is 0 Å². The SMILES string of the molecule is CC1CCCC(CCNC(=O)c2sccc2C#CCO)C1. The van der Waals surface area contributed by atoms with Crippen molar-refractivity contribution in [3.63, 3.8) is 0 Å². The highest BCUT2D eigenvalue weighted by atomic mass is 32.1. The predicted octanol–water partition coefficient (Wildman–Crippen LogP) is 3.04. The third-order valence-electron chi connectivity index (χ3n) is 4.06. The highest BCUT2D eigenvalue weighted by Gasteiger charge is 2.19. The Labute approximate surface area is 130 Å². The van der Waals surface area contributed by atoms with Crippen molar-refractivity contribution in [1.82, 2.24) is 5.32 Å². The summed E-state index contributed by atoms with van der Waals surface area (Å²) in [6.07, 6.45) is 6.34. The van der Waals surface area contributed by atoms with Gasteiger partial charge in [0, 0.05) is 12.1 Å². The smallest absolute Gasteiger partial charge is 0.262 e. The number of aliphatic hydroxyl groups excluding tert-OH is 1. The van der Waals surface area contributed by atoms with Gasteiger partial charge in [0.1, 0.15) is 11.5 Å². The first-order valence-corrected chi connectivity index (χ1v) is 8.54. The molecule has 0 aliphatic heterocycles. The Balaban J connectivity index is 1.81. The van der Waals surface area contributed by atoms with Gasteiger partial charge >= 0.3 is 0 Å². The van der Waals surface area contributed by atoms with Crippen molar-refractivity contribution in [3.05, 3.63) is 21.9 Å². The largest absolute Gasteiger partial charge is 0.384 e. The molecule has 1 aliphatic carbocycles. The minimum absolute atomic E-state index is 0.0453. The van der Waals surface area contributed by atoms with Crippen LogP contribution in [0.15, 0.2) is 11.4 Å². The molecule has 2 atom stereocenters. The maximum atomic E-state index is 12.2. The number of aliphatic hydroxyl groups is 1. The van der Waals surface area contributed by atoms with E-state index in [0.29, 0.717) is 10.4 Å². The molecule has 114 valence electrons. The number of nitrogens with one attached hydrogen (secondary N) is 1. The molecule has 1 heterocycles. The van der Waals surface area contributed by atoms with Crippen molar-refractivity contribution in [2.75, 3.05) is 13.2 Å². The Hall–Kier alpha value is -1.31. The van der Waals surface area contributed by atoms with Gasteiger partial charge in [0.15, 0.2) is 0 Å². The number of hydrogen-bond donors (Lipinski definition) is 2. The Morgan fingerprint density at radius 1 is 1.52 bits per heavy atom. The summed E-state index contributed by atoms with van der Waals surface area (Å²) >= 11 is 1.40. The summed E-state index contributed by atoms with van der Waals surface area (Å²) in [7, 11) is 0. The van der Waals surface area contributed by atoms with Gasteiger partial charge in [0.25, 0.3) is 5.91 Å². The van der Waals surface area contributed by atoms with Crippen molar-refractivity contribution in [1.29, 1.82) is 0 Å². The van der Waals surface area contributed by atoms with Crippen molar-refractivity contribution in [3.8, 4) is 11.8 Å². The van der Waals surface area contributed by atoms with Crippen LogP contribution in [0.5, 0.6) is 0 Å². The minimum Gasteiger partial charge on any atom is -0.384 e. The molecule has 1 amide bonds. The number of thiophene rings is 1. The molecule has 0 spiro atoms. The van der Waals surface area contributed by atoms with E-state index < -0.39 is 0 Å².